The Kier molecular flexibility index (Phi) is 6.82. The molecule has 1 N–H and O–H groups in total. The number of aromatic nitrogens is 2. The number of fused-ring (bicyclic) bond motifs is 1. The normalized spacial score (nSPS) is 20.0. The van der Waals surface area contributed by atoms with Crippen LogP contribution in [0.1, 0.15) is 90.2 Å². The van der Waals surface area contributed by atoms with Gasteiger partial charge in [0.15, 0.2) is 0 Å². The second-order valence-electron chi connectivity index (χ2n) is 14.1. The van der Waals surface area contributed by atoms with Gasteiger partial charge in [-0.2, -0.15) is 0 Å². The first-order valence-corrected chi connectivity index (χ1v) is 18.0. The summed E-state index contributed by atoms with van der Waals surface area (Å²) in [6.45, 7) is 6.16. The Bertz CT molecular complexity index is 1910. The summed E-state index contributed by atoms with van der Waals surface area (Å²) in [5.74, 6) is 1.71. The Labute approximate surface area is 264 Å². The summed E-state index contributed by atoms with van der Waals surface area (Å²) in [6, 6.07) is 16.4. The standard InChI is InChI=1S/C36H40N4O4S/c1-22-5-3-4-6-28(22)33-30(34(44-38-33)25-7-8-25)18-24-20-36(21-24)13-15-40(16-14-36)26-9-12-31-29(19-26)23(2)17-32(37-31)35(41)39-45(42,43)27-10-11-27/h3-6,9,12,17,19,24-25,27H,7-8,10-11,13-16,18,20-21H2,1-2H3,(H,39,41). The third-order valence-corrected chi connectivity index (χ3v) is 12.5. The van der Waals surface area contributed by atoms with Crippen molar-refractivity contribution in [3.8, 4) is 11.3 Å². The van der Waals surface area contributed by atoms with E-state index < -0.39 is 21.2 Å². The van der Waals surface area contributed by atoms with Crippen LogP contribution >= 0.6 is 0 Å². The lowest BCUT2D eigenvalue weighted by molar-refractivity contribution is 0.0282. The van der Waals surface area contributed by atoms with E-state index in [1.165, 1.54) is 60.9 Å². The van der Waals surface area contributed by atoms with Crippen LogP contribution in [0, 0.1) is 25.2 Å². The van der Waals surface area contributed by atoms with Crippen molar-refractivity contribution >= 4 is 32.5 Å². The van der Waals surface area contributed by atoms with Gasteiger partial charge in [0.1, 0.15) is 17.1 Å². The molecule has 1 aliphatic heterocycles. The van der Waals surface area contributed by atoms with Crippen LogP contribution in [0.2, 0.25) is 0 Å². The van der Waals surface area contributed by atoms with Gasteiger partial charge in [0.05, 0.1) is 10.8 Å². The van der Waals surface area contributed by atoms with Crippen LogP contribution < -0.4 is 9.62 Å². The smallest absolute Gasteiger partial charge is 0.283 e. The third-order valence-electron chi connectivity index (χ3n) is 10.7. The molecule has 1 saturated heterocycles. The van der Waals surface area contributed by atoms with Gasteiger partial charge in [-0.05, 0) is 118 Å². The number of nitrogens with one attached hydrogen (secondary N) is 1. The zero-order valence-electron chi connectivity index (χ0n) is 26.0. The van der Waals surface area contributed by atoms with Gasteiger partial charge < -0.3 is 9.42 Å². The number of piperidine rings is 1. The van der Waals surface area contributed by atoms with Gasteiger partial charge in [-0.25, -0.2) is 18.1 Å². The summed E-state index contributed by atoms with van der Waals surface area (Å²) in [7, 11) is -3.62. The molecule has 8 rings (SSSR count). The van der Waals surface area contributed by atoms with Crippen molar-refractivity contribution in [2.75, 3.05) is 18.0 Å². The molecule has 0 unspecified atom stereocenters. The largest absolute Gasteiger partial charge is 0.371 e. The highest BCUT2D eigenvalue weighted by atomic mass is 32.2. The van der Waals surface area contributed by atoms with E-state index in [2.05, 4.69) is 63.1 Å². The number of carbonyl (C=O) groups excluding carboxylic acids is 1. The van der Waals surface area contributed by atoms with Crippen molar-refractivity contribution in [2.45, 2.75) is 82.8 Å². The van der Waals surface area contributed by atoms with Gasteiger partial charge in [-0.15, -0.1) is 0 Å². The lowest BCUT2D eigenvalue weighted by Gasteiger charge is -2.53. The number of rotatable bonds is 8. The molecule has 0 bridgehead atoms. The molecule has 4 fully saturated rings. The van der Waals surface area contributed by atoms with Gasteiger partial charge >= 0.3 is 0 Å². The van der Waals surface area contributed by atoms with Crippen LogP contribution in [0.25, 0.3) is 22.2 Å². The monoisotopic (exact) mass is 624 g/mol. The number of aryl methyl sites for hydroxylation is 2. The van der Waals surface area contributed by atoms with Crippen LogP contribution in [0.4, 0.5) is 5.69 Å². The number of benzene rings is 2. The molecule has 0 radical (unpaired) electrons. The molecule has 2 aromatic heterocycles. The molecule has 3 aliphatic carbocycles. The summed E-state index contributed by atoms with van der Waals surface area (Å²) in [5, 5.41) is 5.14. The van der Waals surface area contributed by atoms with Crippen molar-refractivity contribution in [2.24, 2.45) is 11.3 Å². The van der Waals surface area contributed by atoms with Crippen LogP contribution in [-0.2, 0) is 16.4 Å². The predicted molar refractivity (Wildman–Crippen MR) is 175 cm³/mol. The Morgan fingerprint density at radius 3 is 2.47 bits per heavy atom. The first-order chi connectivity index (χ1) is 21.7. The molecular weight excluding hydrogens is 584 g/mol. The molecule has 1 spiro atoms. The zero-order chi connectivity index (χ0) is 30.9. The number of hydrogen-bond donors (Lipinski definition) is 1. The molecule has 234 valence electrons. The van der Waals surface area contributed by atoms with Crippen LogP contribution in [0.15, 0.2) is 53.1 Å². The van der Waals surface area contributed by atoms with Gasteiger partial charge in [-0.3, -0.25) is 4.79 Å². The van der Waals surface area contributed by atoms with Gasteiger partial charge in [0.2, 0.25) is 10.0 Å². The van der Waals surface area contributed by atoms with Crippen molar-refractivity contribution < 1.29 is 17.7 Å². The van der Waals surface area contributed by atoms with E-state index >= 15 is 0 Å². The van der Waals surface area contributed by atoms with E-state index in [9.17, 15) is 13.2 Å². The van der Waals surface area contributed by atoms with Crippen molar-refractivity contribution in [1.82, 2.24) is 14.9 Å². The zero-order valence-corrected chi connectivity index (χ0v) is 26.8. The highest BCUT2D eigenvalue weighted by molar-refractivity contribution is 7.91. The average molecular weight is 625 g/mol. The lowest BCUT2D eigenvalue weighted by Crippen LogP contribution is -2.47. The average Bonchev–Trinajstić information content (AvgIpc) is 3.95. The number of pyridine rings is 1. The van der Waals surface area contributed by atoms with Crippen molar-refractivity contribution in [1.29, 1.82) is 0 Å². The third kappa shape index (κ3) is 5.43. The molecular formula is C36H40N4O4S. The van der Waals surface area contributed by atoms with E-state index in [0.29, 0.717) is 35.6 Å². The molecule has 8 nitrogen and oxygen atoms in total. The quantitative estimate of drug-likeness (QED) is 0.229. The minimum absolute atomic E-state index is 0.137. The van der Waals surface area contributed by atoms with Gasteiger partial charge in [-0.1, -0.05) is 29.4 Å². The van der Waals surface area contributed by atoms with E-state index in [4.69, 9.17) is 4.52 Å². The number of amides is 1. The van der Waals surface area contributed by atoms with Crippen LogP contribution in [0.5, 0.6) is 0 Å². The highest BCUT2D eigenvalue weighted by Crippen LogP contribution is 2.55. The lowest BCUT2D eigenvalue weighted by atomic mass is 9.56. The van der Waals surface area contributed by atoms with Gasteiger partial charge in [0.25, 0.3) is 5.91 Å². The fourth-order valence-electron chi connectivity index (χ4n) is 7.82. The predicted octanol–water partition coefficient (Wildman–Crippen LogP) is 6.85. The second-order valence-corrected chi connectivity index (χ2v) is 16.1. The molecule has 45 heavy (non-hydrogen) atoms. The molecule has 0 atom stereocenters. The summed E-state index contributed by atoms with van der Waals surface area (Å²) >= 11 is 0. The second kappa shape index (κ2) is 10.7. The molecule has 4 aliphatic rings. The minimum atomic E-state index is -3.62. The number of hydrogen-bond acceptors (Lipinski definition) is 7. The summed E-state index contributed by atoms with van der Waals surface area (Å²) in [5.41, 5.74) is 8.22. The fraction of sp³-hybridized carbons (Fsp3) is 0.472. The minimum Gasteiger partial charge on any atom is -0.371 e. The fourth-order valence-corrected chi connectivity index (χ4v) is 9.11. The number of sulfonamides is 1. The maximum absolute atomic E-state index is 12.7. The van der Waals surface area contributed by atoms with Crippen LogP contribution in [-0.4, -0.2) is 42.8 Å². The molecule has 3 heterocycles. The number of carbonyl (C=O) groups is 1. The number of nitrogens with zero attached hydrogens (tertiary/aromatic N) is 3. The first-order valence-electron chi connectivity index (χ1n) is 16.4. The Hall–Kier alpha value is -3.72. The van der Waals surface area contributed by atoms with Crippen LogP contribution in [0.3, 0.4) is 0 Å². The Balaban J connectivity index is 0.922. The topological polar surface area (TPSA) is 105 Å². The number of anilines is 1. The van der Waals surface area contributed by atoms with E-state index in [1.54, 1.807) is 6.07 Å². The van der Waals surface area contributed by atoms with E-state index in [1.807, 2.05) is 13.0 Å². The Morgan fingerprint density at radius 1 is 1.00 bits per heavy atom. The summed E-state index contributed by atoms with van der Waals surface area (Å²) in [6.07, 6.45) is 9.62. The molecule has 9 heteroatoms. The molecule has 4 aromatic rings. The highest BCUT2D eigenvalue weighted by Gasteiger charge is 2.47. The maximum Gasteiger partial charge on any atom is 0.283 e. The SMILES string of the molecule is Cc1ccccc1-c1noc(C2CC2)c1CC1CC2(CCN(c3ccc4nc(C(=O)NS(=O)(=O)C5CC5)cc(C)c4c3)CC2)C1. The molecule has 3 saturated carbocycles. The van der Waals surface area contributed by atoms with Crippen molar-refractivity contribution in [3.05, 3.63) is 76.7 Å². The summed E-state index contributed by atoms with van der Waals surface area (Å²) in [4.78, 5) is 19.7. The molecule has 1 amide bonds. The van der Waals surface area contributed by atoms with E-state index in [-0.39, 0.29) is 5.69 Å². The van der Waals surface area contributed by atoms with E-state index in [0.717, 1.165) is 41.9 Å². The van der Waals surface area contributed by atoms with Crippen molar-refractivity contribution in [3.63, 3.8) is 0 Å². The summed E-state index contributed by atoms with van der Waals surface area (Å²) < 4.78 is 32.7. The van der Waals surface area contributed by atoms with Gasteiger partial charge in [0, 0.05) is 41.2 Å². The Morgan fingerprint density at radius 2 is 1.76 bits per heavy atom. The molecule has 2 aromatic carbocycles. The maximum atomic E-state index is 12.7. The first kappa shape index (κ1) is 28.7.